The van der Waals surface area contributed by atoms with Gasteiger partial charge < -0.3 is 4.90 Å². The van der Waals surface area contributed by atoms with E-state index in [0.717, 1.165) is 17.8 Å². The van der Waals surface area contributed by atoms with Crippen molar-refractivity contribution in [2.75, 3.05) is 11.4 Å². The second-order valence-corrected chi connectivity index (χ2v) is 8.12. The first-order chi connectivity index (χ1) is 13.4. The van der Waals surface area contributed by atoms with E-state index < -0.39 is 0 Å². The van der Waals surface area contributed by atoms with Crippen LogP contribution in [0.25, 0.3) is 0 Å². The van der Waals surface area contributed by atoms with Crippen LogP contribution in [-0.4, -0.2) is 12.6 Å². The molecule has 146 valence electrons. The first-order valence-electron chi connectivity index (χ1n) is 9.65. The molecule has 0 atom stereocenters. The SMILES string of the molecule is CCCCCN(c1ccc(/N=N/c2sc(C#N)c(C)c2C#N)c(C)c1)C(C)C. The molecule has 0 fully saturated rings. The van der Waals surface area contributed by atoms with Crippen molar-refractivity contribution in [2.45, 2.75) is 59.9 Å². The van der Waals surface area contributed by atoms with Crippen molar-refractivity contribution in [3.8, 4) is 12.1 Å². The highest BCUT2D eigenvalue weighted by molar-refractivity contribution is 7.16. The minimum Gasteiger partial charge on any atom is -0.369 e. The normalized spacial score (nSPS) is 11.0. The summed E-state index contributed by atoms with van der Waals surface area (Å²) in [6, 6.07) is 10.9. The summed E-state index contributed by atoms with van der Waals surface area (Å²) in [5.41, 5.74) is 4.11. The Bertz CT molecular complexity index is 928. The number of hydrogen-bond acceptors (Lipinski definition) is 6. The topological polar surface area (TPSA) is 75.5 Å². The number of azo groups is 1. The minimum atomic E-state index is 0.431. The highest BCUT2D eigenvalue weighted by atomic mass is 32.1. The Kier molecular flexibility index (Phi) is 7.72. The van der Waals surface area contributed by atoms with Gasteiger partial charge in [0, 0.05) is 18.3 Å². The first kappa shape index (κ1) is 21.6. The zero-order chi connectivity index (χ0) is 20.7. The molecule has 28 heavy (non-hydrogen) atoms. The van der Waals surface area contributed by atoms with E-state index in [1.807, 2.05) is 13.0 Å². The van der Waals surface area contributed by atoms with Gasteiger partial charge in [0.15, 0.2) is 5.00 Å². The van der Waals surface area contributed by atoms with Crippen LogP contribution in [0.3, 0.4) is 0 Å². The van der Waals surface area contributed by atoms with Gasteiger partial charge in [0.25, 0.3) is 0 Å². The van der Waals surface area contributed by atoms with E-state index in [9.17, 15) is 5.26 Å². The Balaban J connectivity index is 2.26. The van der Waals surface area contributed by atoms with Crippen LogP contribution in [-0.2, 0) is 0 Å². The van der Waals surface area contributed by atoms with E-state index in [1.165, 1.54) is 36.3 Å². The quantitative estimate of drug-likeness (QED) is 0.360. The number of thiophene rings is 1. The molecule has 5 nitrogen and oxygen atoms in total. The molecule has 0 radical (unpaired) electrons. The number of hydrogen-bond donors (Lipinski definition) is 0. The molecule has 1 aromatic heterocycles. The number of unbranched alkanes of at least 4 members (excludes halogenated alkanes) is 2. The van der Waals surface area contributed by atoms with Crippen LogP contribution in [0, 0.1) is 36.5 Å². The third kappa shape index (κ3) is 4.97. The molecule has 1 aromatic carbocycles. The molecule has 0 aliphatic rings. The lowest BCUT2D eigenvalue weighted by Crippen LogP contribution is -2.31. The van der Waals surface area contributed by atoms with E-state index in [0.29, 0.717) is 27.0 Å². The van der Waals surface area contributed by atoms with Crippen LogP contribution in [0.1, 0.15) is 61.6 Å². The lowest BCUT2D eigenvalue weighted by molar-refractivity contribution is 0.626. The molecular weight excluding hydrogens is 366 g/mol. The van der Waals surface area contributed by atoms with Crippen molar-refractivity contribution in [2.24, 2.45) is 10.2 Å². The van der Waals surface area contributed by atoms with Gasteiger partial charge in [-0.25, -0.2) is 0 Å². The third-order valence-electron chi connectivity index (χ3n) is 4.73. The number of nitriles is 2. The Morgan fingerprint density at radius 1 is 1.11 bits per heavy atom. The van der Waals surface area contributed by atoms with Crippen molar-refractivity contribution in [1.29, 1.82) is 10.5 Å². The molecule has 0 bridgehead atoms. The number of anilines is 1. The van der Waals surface area contributed by atoms with Crippen LogP contribution >= 0.6 is 11.3 Å². The zero-order valence-corrected chi connectivity index (χ0v) is 18.1. The molecule has 1 heterocycles. The molecule has 0 spiro atoms. The van der Waals surface area contributed by atoms with E-state index in [4.69, 9.17) is 5.26 Å². The van der Waals surface area contributed by atoms with Crippen LogP contribution in [0.5, 0.6) is 0 Å². The number of nitrogens with zero attached hydrogens (tertiary/aromatic N) is 5. The third-order valence-corrected chi connectivity index (χ3v) is 5.81. The average molecular weight is 394 g/mol. The van der Waals surface area contributed by atoms with Gasteiger partial charge >= 0.3 is 0 Å². The second kappa shape index (κ2) is 10.0. The molecule has 0 aliphatic heterocycles. The predicted molar refractivity (Wildman–Crippen MR) is 116 cm³/mol. The molecule has 0 unspecified atom stereocenters. The smallest absolute Gasteiger partial charge is 0.158 e. The van der Waals surface area contributed by atoms with Gasteiger partial charge in [0.05, 0.1) is 11.3 Å². The lowest BCUT2D eigenvalue weighted by Gasteiger charge is -2.29. The minimum absolute atomic E-state index is 0.431. The van der Waals surface area contributed by atoms with Crippen molar-refractivity contribution in [1.82, 2.24) is 0 Å². The van der Waals surface area contributed by atoms with Crippen molar-refractivity contribution in [3.63, 3.8) is 0 Å². The highest BCUT2D eigenvalue weighted by Crippen LogP contribution is 2.36. The molecule has 0 saturated heterocycles. The molecule has 0 aliphatic carbocycles. The van der Waals surface area contributed by atoms with Crippen LogP contribution in [0.15, 0.2) is 28.4 Å². The molecule has 2 rings (SSSR count). The summed E-state index contributed by atoms with van der Waals surface area (Å²) in [5.74, 6) is 0. The molecule has 0 saturated carbocycles. The Morgan fingerprint density at radius 3 is 2.43 bits per heavy atom. The van der Waals surface area contributed by atoms with E-state index in [2.05, 4.69) is 60.2 Å². The maximum atomic E-state index is 9.34. The first-order valence-corrected chi connectivity index (χ1v) is 10.5. The number of benzene rings is 1. The molecule has 0 N–H and O–H groups in total. The van der Waals surface area contributed by atoms with Gasteiger partial charge in [-0.15, -0.1) is 21.6 Å². The Hall–Kier alpha value is -2.70. The summed E-state index contributed by atoms with van der Waals surface area (Å²) in [4.78, 5) is 2.93. The van der Waals surface area contributed by atoms with Crippen molar-refractivity contribution >= 4 is 27.7 Å². The summed E-state index contributed by atoms with van der Waals surface area (Å²) in [7, 11) is 0. The molecule has 0 amide bonds. The Morgan fingerprint density at radius 2 is 1.86 bits per heavy atom. The molecule has 6 heteroatoms. The number of rotatable bonds is 8. The van der Waals surface area contributed by atoms with Gasteiger partial charge in [0.1, 0.15) is 17.0 Å². The Labute approximate surface area is 171 Å². The van der Waals surface area contributed by atoms with Crippen LogP contribution in [0.2, 0.25) is 0 Å². The summed E-state index contributed by atoms with van der Waals surface area (Å²) in [6.07, 6.45) is 3.64. The fraction of sp³-hybridized carbons (Fsp3) is 0.455. The van der Waals surface area contributed by atoms with Gasteiger partial charge in [-0.2, -0.15) is 10.5 Å². The fourth-order valence-corrected chi connectivity index (χ4v) is 3.93. The highest BCUT2D eigenvalue weighted by Gasteiger charge is 2.15. The van der Waals surface area contributed by atoms with Crippen molar-refractivity contribution < 1.29 is 0 Å². The van der Waals surface area contributed by atoms with Gasteiger partial charge in [-0.05, 0) is 63.4 Å². The van der Waals surface area contributed by atoms with Crippen LogP contribution in [0.4, 0.5) is 16.4 Å². The van der Waals surface area contributed by atoms with Gasteiger partial charge in [-0.1, -0.05) is 19.8 Å². The van der Waals surface area contributed by atoms with E-state index in [-0.39, 0.29) is 0 Å². The summed E-state index contributed by atoms with van der Waals surface area (Å²) >= 11 is 1.21. The molecule has 2 aromatic rings. The largest absolute Gasteiger partial charge is 0.369 e. The van der Waals surface area contributed by atoms with Crippen LogP contribution < -0.4 is 4.90 Å². The number of aryl methyl sites for hydroxylation is 1. The van der Waals surface area contributed by atoms with E-state index >= 15 is 0 Å². The maximum absolute atomic E-state index is 9.34. The monoisotopic (exact) mass is 393 g/mol. The van der Waals surface area contributed by atoms with Gasteiger partial charge in [-0.3, -0.25) is 0 Å². The summed E-state index contributed by atoms with van der Waals surface area (Å²) in [6.45, 7) is 11.5. The zero-order valence-electron chi connectivity index (χ0n) is 17.3. The predicted octanol–water partition coefficient (Wildman–Crippen LogP) is 6.93. The van der Waals surface area contributed by atoms with Gasteiger partial charge in [0.2, 0.25) is 0 Å². The average Bonchev–Trinajstić information content (AvgIpc) is 2.98. The standard InChI is InChI=1S/C22H27N5S/c1-6-7-8-11-27(15(2)3)18-9-10-20(16(4)12-18)25-26-22-19(13-23)17(5)21(14-24)28-22/h9-10,12,15H,6-8,11H2,1-5H3/b26-25+. The maximum Gasteiger partial charge on any atom is 0.158 e. The fourth-order valence-electron chi connectivity index (χ4n) is 3.05. The summed E-state index contributed by atoms with van der Waals surface area (Å²) < 4.78 is 0. The lowest BCUT2D eigenvalue weighted by atomic mass is 10.1. The second-order valence-electron chi connectivity index (χ2n) is 7.12. The molecular formula is C22H27N5S. The van der Waals surface area contributed by atoms with Crippen molar-refractivity contribution in [3.05, 3.63) is 39.8 Å². The summed E-state index contributed by atoms with van der Waals surface area (Å²) in [5, 5.41) is 27.6. The van der Waals surface area contributed by atoms with E-state index in [1.54, 1.807) is 6.92 Å².